The van der Waals surface area contributed by atoms with Gasteiger partial charge in [-0.2, -0.15) is 5.06 Å². The molecule has 1 aromatic rings. The molecule has 2 saturated heterocycles. The fraction of sp³-hybridized carbons (Fsp3) is 0.588. The van der Waals surface area contributed by atoms with E-state index in [0.717, 1.165) is 25.8 Å². The van der Waals surface area contributed by atoms with E-state index in [4.69, 9.17) is 9.94 Å². The lowest BCUT2D eigenvalue weighted by Gasteiger charge is -2.27. The highest BCUT2D eigenvalue weighted by Crippen LogP contribution is 2.40. The summed E-state index contributed by atoms with van der Waals surface area (Å²) in [5.41, 5.74) is 1.35. The lowest BCUT2D eigenvalue weighted by atomic mass is 9.82. The molecule has 0 radical (unpaired) electrons. The van der Waals surface area contributed by atoms with E-state index in [0.29, 0.717) is 19.7 Å². The average molecular weight is 304 g/mol. The molecule has 3 rings (SSSR count). The fourth-order valence-electron chi connectivity index (χ4n) is 3.54. The van der Waals surface area contributed by atoms with Crippen LogP contribution in [0.1, 0.15) is 37.8 Å². The molecule has 2 heterocycles. The second-order valence-corrected chi connectivity index (χ2v) is 6.56. The molecule has 5 heteroatoms. The van der Waals surface area contributed by atoms with E-state index >= 15 is 0 Å². The van der Waals surface area contributed by atoms with Crippen molar-refractivity contribution in [3.63, 3.8) is 0 Å². The topological polar surface area (TPSA) is 53.0 Å². The van der Waals surface area contributed by atoms with E-state index in [2.05, 4.69) is 24.1 Å². The quantitative estimate of drug-likeness (QED) is 0.912. The fourth-order valence-corrected chi connectivity index (χ4v) is 3.54. The number of hydrogen-bond acceptors (Lipinski definition) is 3. The van der Waals surface area contributed by atoms with Gasteiger partial charge in [0.05, 0.1) is 12.6 Å². The monoisotopic (exact) mass is 304 g/mol. The molecule has 0 aromatic heterocycles. The minimum Gasteiger partial charge on any atom is -0.465 e. The van der Waals surface area contributed by atoms with Gasteiger partial charge in [0, 0.05) is 25.0 Å². The smallest absolute Gasteiger partial charge is 0.407 e. The largest absolute Gasteiger partial charge is 0.465 e. The predicted molar refractivity (Wildman–Crippen MR) is 83.4 cm³/mol. The first kappa shape index (κ1) is 15.3. The van der Waals surface area contributed by atoms with Crippen LogP contribution in [-0.4, -0.2) is 47.4 Å². The van der Waals surface area contributed by atoms with Crippen LogP contribution in [0.5, 0.6) is 0 Å². The Labute approximate surface area is 131 Å². The molecule has 2 aliphatic heterocycles. The van der Waals surface area contributed by atoms with Crippen molar-refractivity contribution in [3.8, 4) is 0 Å². The Kier molecular flexibility index (Phi) is 4.36. The molecular formula is C17H24N2O3. The molecule has 0 saturated carbocycles. The SMILES string of the molecule is C[C@H](c1ccccc1)N1CC2(CCCN(C(=O)O)CC2)CO1. The van der Waals surface area contributed by atoms with Gasteiger partial charge in [-0.15, -0.1) is 0 Å². The van der Waals surface area contributed by atoms with Crippen LogP contribution >= 0.6 is 0 Å². The van der Waals surface area contributed by atoms with Crippen LogP contribution in [0.4, 0.5) is 4.79 Å². The van der Waals surface area contributed by atoms with Crippen molar-refractivity contribution in [2.24, 2.45) is 5.41 Å². The summed E-state index contributed by atoms with van der Waals surface area (Å²) in [6.45, 7) is 5.01. The summed E-state index contributed by atoms with van der Waals surface area (Å²) in [4.78, 5) is 18.7. The first-order valence-electron chi connectivity index (χ1n) is 8.02. The van der Waals surface area contributed by atoms with Crippen LogP contribution < -0.4 is 0 Å². The van der Waals surface area contributed by atoms with Gasteiger partial charge in [0.1, 0.15) is 0 Å². The summed E-state index contributed by atoms with van der Waals surface area (Å²) in [7, 11) is 0. The summed E-state index contributed by atoms with van der Waals surface area (Å²) in [5.74, 6) is 0. The number of nitrogens with zero attached hydrogens (tertiary/aromatic N) is 2. The highest BCUT2D eigenvalue weighted by Gasteiger charge is 2.42. The molecule has 2 aliphatic rings. The van der Waals surface area contributed by atoms with Gasteiger partial charge < -0.3 is 10.0 Å². The lowest BCUT2D eigenvalue weighted by Crippen LogP contribution is -2.33. The Hall–Kier alpha value is -1.59. The molecule has 1 unspecified atom stereocenters. The Morgan fingerprint density at radius 1 is 1.27 bits per heavy atom. The summed E-state index contributed by atoms with van der Waals surface area (Å²) in [5, 5.41) is 11.2. The van der Waals surface area contributed by atoms with E-state index in [1.54, 1.807) is 0 Å². The minimum absolute atomic E-state index is 0.104. The predicted octanol–water partition coefficient (Wildman–Crippen LogP) is 3.15. The Balaban J connectivity index is 1.65. The maximum Gasteiger partial charge on any atom is 0.407 e. The van der Waals surface area contributed by atoms with Crippen molar-refractivity contribution in [1.82, 2.24) is 9.96 Å². The van der Waals surface area contributed by atoms with Gasteiger partial charge >= 0.3 is 6.09 Å². The van der Waals surface area contributed by atoms with Crippen LogP contribution in [0.2, 0.25) is 0 Å². The number of hydroxylamine groups is 2. The molecule has 0 aliphatic carbocycles. The molecule has 1 spiro atoms. The Morgan fingerprint density at radius 2 is 2.05 bits per heavy atom. The normalized spacial score (nSPS) is 27.8. The molecule has 1 N–H and O–H groups in total. The second kappa shape index (κ2) is 6.26. The van der Waals surface area contributed by atoms with Crippen molar-refractivity contribution in [2.45, 2.75) is 32.2 Å². The molecule has 2 atom stereocenters. The maximum absolute atomic E-state index is 11.2. The number of benzene rings is 1. The highest BCUT2D eigenvalue weighted by atomic mass is 16.7. The standard InChI is InChI=1S/C17H24N2O3/c1-14(15-6-3-2-4-7-15)19-12-17(13-22-19)8-5-10-18(11-9-17)16(20)21/h2-4,6-7,14H,5,8-13H2,1H3,(H,20,21)/t14-,17?/m1/s1. The van der Waals surface area contributed by atoms with Crippen LogP contribution in [0.15, 0.2) is 30.3 Å². The Bertz CT molecular complexity index is 522. The second-order valence-electron chi connectivity index (χ2n) is 6.56. The molecule has 120 valence electrons. The number of amides is 1. The first-order chi connectivity index (χ1) is 10.6. The van der Waals surface area contributed by atoms with E-state index in [-0.39, 0.29) is 11.5 Å². The van der Waals surface area contributed by atoms with Crippen LogP contribution in [0.25, 0.3) is 0 Å². The number of carboxylic acid groups (broad SMARTS) is 1. The van der Waals surface area contributed by atoms with Gasteiger partial charge in [0.2, 0.25) is 0 Å². The zero-order valence-electron chi connectivity index (χ0n) is 13.1. The van der Waals surface area contributed by atoms with Crippen LogP contribution in [-0.2, 0) is 4.84 Å². The summed E-state index contributed by atoms with van der Waals surface area (Å²) < 4.78 is 0. The van der Waals surface area contributed by atoms with Crippen LogP contribution in [0, 0.1) is 5.41 Å². The summed E-state index contributed by atoms with van der Waals surface area (Å²) >= 11 is 0. The molecular weight excluding hydrogens is 280 g/mol. The summed E-state index contributed by atoms with van der Waals surface area (Å²) in [6, 6.07) is 10.6. The summed E-state index contributed by atoms with van der Waals surface area (Å²) in [6.07, 6.45) is 2.04. The van der Waals surface area contributed by atoms with Gasteiger partial charge in [-0.1, -0.05) is 30.3 Å². The van der Waals surface area contributed by atoms with Crippen molar-refractivity contribution < 1.29 is 14.7 Å². The van der Waals surface area contributed by atoms with Crippen molar-refractivity contribution >= 4 is 6.09 Å². The van der Waals surface area contributed by atoms with Gasteiger partial charge in [0.15, 0.2) is 0 Å². The number of rotatable bonds is 2. The Morgan fingerprint density at radius 3 is 2.77 bits per heavy atom. The van der Waals surface area contributed by atoms with E-state index in [1.807, 2.05) is 18.2 Å². The van der Waals surface area contributed by atoms with Crippen molar-refractivity contribution in [3.05, 3.63) is 35.9 Å². The maximum atomic E-state index is 11.2. The van der Waals surface area contributed by atoms with Crippen molar-refractivity contribution in [1.29, 1.82) is 0 Å². The number of carbonyl (C=O) groups is 1. The minimum atomic E-state index is -0.800. The van der Waals surface area contributed by atoms with Crippen molar-refractivity contribution in [2.75, 3.05) is 26.2 Å². The average Bonchev–Trinajstić information content (AvgIpc) is 2.82. The molecule has 0 bridgehead atoms. The first-order valence-corrected chi connectivity index (χ1v) is 8.02. The van der Waals surface area contributed by atoms with Gasteiger partial charge in [-0.05, 0) is 31.7 Å². The molecule has 2 fully saturated rings. The highest BCUT2D eigenvalue weighted by molar-refractivity contribution is 5.64. The van der Waals surface area contributed by atoms with Gasteiger partial charge in [-0.25, -0.2) is 4.79 Å². The van der Waals surface area contributed by atoms with Crippen LogP contribution in [0.3, 0.4) is 0 Å². The molecule has 5 nitrogen and oxygen atoms in total. The van der Waals surface area contributed by atoms with E-state index < -0.39 is 6.09 Å². The van der Waals surface area contributed by atoms with Gasteiger partial charge in [0.25, 0.3) is 0 Å². The third-order valence-electron chi connectivity index (χ3n) is 5.06. The van der Waals surface area contributed by atoms with Gasteiger partial charge in [-0.3, -0.25) is 4.84 Å². The van der Waals surface area contributed by atoms with E-state index in [1.165, 1.54) is 10.5 Å². The third kappa shape index (κ3) is 3.10. The zero-order valence-corrected chi connectivity index (χ0v) is 13.1. The molecule has 22 heavy (non-hydrogen) atoms. The zero-order chi connectivity index (χ0) is 15.6. The molecule has 1 aromatic carbocycles. The number of likely N-dealkylation sites (tertiary alicyclic amines) is 1. The lowest BCUT2D eigenvalue weighted by molar-refractivity contribution is -0.138. The van der Waals surface area contributed by atoms with E-state index in [9.17, 15) is 4.79 Å². The molecule has 1 amide bonds. The number of hydrogen-bond donors (Lipinski definition) is 1. The third-order valence-corrected chi connectivity index (χ3v) is 5.06.